The monoisotopic (exact) mass is 314 g/mol. The van der Waals surface area contributed by atoms with Gasteiger partial charge in [-0.05, 0) is 36.6 Å². The average Bonchev–Trinajstić information content (AvgIpc) is 2.84. The van der Waals surface area contributed by atoms with E-state index in [2.05, 4.69) is 52.7 Å². The van der Waals surface area contributed by atoms with Gasteiger partial charge in [-0.1, -0.05) is 60.1 Å². The third kappa shape index (κ3) is 3.89. The third-order valence-corrected chi connectivity index (χ3v) is 4.74. The fraction of sp³-hybridized carbons (Fsp3) is 0.368. The summed E-state index contributed by atoms with van der Waals surface area (Å²) < 4.78 is 0. The topological polar surface area (TPSA) is 15.3 Å². The molecule has 0 aliphatic carbocycles. The SMILES string of the molecule is Clc1ccccc1CC(c1ccccc1)N1CCCNCC1. The molecule has 2 nitrogen and oxygen atoms in total. The second-order valence-electron chi connectivity index (χ2n) is 5.86. The Morgan fingerprint density at radius 3 is 2.55 bits per heavy atom. The Bertz CT molecular complexity index is 577. The van der Waals surface area contributed by atoms with Gasteiger partial charge >= 0.3 is 0 Å². The fourth-order valence-corrected chi connectivity index (χ4v) is 3.40. The van der Waals surface area contributed by atoms with Crippen molar-refractivity contribution in [1.29, 1.82) is 0 Å². The van der Waals surface area contributed by atoms with Crippen molar-refractivity contribution in [3.63, 3.8) is 0 Å². The first-order valence-electron chi connectivity index (χ1n) is 8.08. The number of benzene rings is 2. The summed E-state index contributed by atoms with van der Waals surface area (Å²) in [6, 6.07) is 19.4. The maximum Gasteiger partial charge on any atom is 0.0438 e. The zero-order chi connectivity index (χ0) is 15.2. The Kier molecular flexibility index (Phi) is 5.49. The molecule has 0 bridgehead atoms. The predicted molar refractivity (Wildman–Crippen MR) is 93.4 cm³/mol. The van der Waals surface area contributed by atoms with Crippen LogP contribution in [0.2, 0.25) is 5.02 Å². The zero-order valence-electron chi connectivity index (χ0n) is 12.8. The minimum Gasteiger partial charge on any atom is -0.315 e. The number of nitrogens with one attached hydrogen (secondary N) is 1. The lowest BCUT2D eigenvalue weighted by atomic mass is 9.97. The quantitative estimate of drug-likeness (QED) is 0.920. The number of rotatable bonds is 4. The van der Waals surface area contributed by atoms with Gasteiger partial charge in [-0.3, -0.25) is 4.90 Å². The number of halogens is 1. The van der Waals surface area contributed by atoms with Crippen LogP contribution in [0.1, 0.15) is 23.6 Å². The molecule has 2 aromatic rings. The van der Waals surface area contributed by atoms with Gasteiger partial charge in [0.15, 0.2) is 0 Å². The summed E-state index contributed by atoms with van der Waals surface area (Å²) in [5.41, 5.74) is 2.61. The van der Waals surface area contributed by atoms with Crippen molar-refractivity contribution >= 4 is 11.6 Å². The molecule has 1 unspecified atom stereocenters. The largest absolute Gasteiger partial charge is 0.315 e. The Morgan fingerprint density at radius 1 is 0.955 bits per heavy atom. The van der Waals surface area contributed by atoms with Crippen molar-refractivity contribution in [3.8, 4) is 0 Å². The van der Waals surface area contributed by atoms with E-state index in [4.69, 9.17) is 11.6 Å². The van der Waals surface area contributed by atoms with Gasteiger partial charge in [-0.15, -0.1) is 0 Å². The number of nitrogens with zero attached hydrogens (tertiary/aromatic N) is 1. The first-order valence-corrected chi connectivity index (χ1v) is 8.45. The molecule has 116 valence electrons. The highest BCUT2D eigenvalue weighted by Crippen LogP contribution is 2.28. The van der Waals surface area contributed by atoms with Crippen LogP contribution in [0.4, 0.5) is 0 Å². The molecule has 2 aromatic carbocycles. The molecule has 0 radical (unpaired) electrons. The van der Waals surface area contributed by atoms with E-state index in [1.807, 2.05) is 12.1 Å². The molecule has 3 heteroatoms. The van der Waals surface area contributed by atoms with E-state index >= 15 is 0 Å². The Balaban J connectivity index is 1.87. The maximum atomic E-state index is 6.40. The third-order valence-electron chi connectivity index (χ3n) is 4.37. The molecule has 3 rings (SSSR count). The van der Waals surface area contributed by atoms with Gasteiger partial charge in [0.05, 0.1) is 0 Å². The predicted octanol–water partition coefficient (Wildman–Crippen LogP) is 3.92. The standard InChI is InChI=1S/C19H23ClN2/c20-18-10-5-4-9-17(18)15-19(16-7-2-1-3-8-16)22-13-6-11-21-12-14-22/h1-5,7-10,19,21H,6,11-15H2. The van der Waals surface area contributed by atoms with Crippen LogP contribution in [0.3, 0.4) is 0 Å². The summed E-state index contributed by atoms with van der Waals surface area (Å²) in [7, 11) is 0. The Morgan fingerprint density at radius 2 is 1.73 bits per heavy atom. The van der Waals surface area contributed by atoms with E-state index in [0.29, 0.717) is 6.04 Å². The molecule has 0 aromatic heterocycles. The lowest BCUT2D eigenvalue weighted by Crippen LogP contribution is -2.33. The van der Waals surface area contributed by atoms with Crippen LogP contribution in [-0.2, 0) is 6.42 Å². The molecule has 1 N–H and O–H groups in total. The molecule has 0 spiro atoms. The van der Waals surface area contributed by atoms with Crippen molar-refractivity contribution in [3.05, 3.63) is 70.7 Å². The van der Waals surface area contributed by atoms with Crippen LogP contribution in [0.15, 0.2) is 54.6 Å². The molecule has 1 fully saturated rings. The molecule has 1 heterocycles. The summed E-state index contributed by atoms with van der Waals surface area (Å²) in [6.45, 7) is 4.40. The molecule has 1 aliphatic heterocycles. The van der Waals surface area contributed by atoms with Crippen LogP contribution < -0.4 is 5.32 Å². The van der Waals surface area contributed by atoms with Gasteiger partial charge in [0.25, 0.3) is 0 Å². The molecule has 22 heavy (non-hydrogen) atoms. The molecule has 1 atom stereocenters. The number of hydrogen-bond acceptors (Lipinski definition) is 2. The Labute approximate surface area is 138 Å². The van der Waals surface area contributed by atoms with Gasteiger partial charge < -0.3 is 5.32 Å². The highest BCUT2D eigenvalue weighted by Gasteiger charge is 2.22. The second kappa shape index (κ2) is 7.77. The van der Waals surface area contributed by atoms with E-state index in [1.54, 1.807) is 0 Å². The smallest absolute Gasteiger partial charge is 0.0438 e. The number of hydrogen-bond donors (Lipinski definition) is 1. The highest BCUT2D eigenvalue weighted by atomic mass is 35.5. The summed E-state index contributed by atoms with van der Waals surface area (Å²) in [4.78, 5) is 2.60. The van der Waals surface area contributed by atoms with Gasteiger partial charge in [0.2, 0.25) is 0 Å². The first-order chi connectivity index (χ1) is 10.8. The Hall–Kier alpha value is -1.35. The van der Waals surface area contributed by atoms with Crippen LogP contribution in [0.5, 0.6) is 0 Å². The van der Waals surface area contributed by atoms with Crippen LogP contribution >= 0.6 is 11.6 Å². The van der Waals surface area contributed by atoms with Gasteiger partial charge in [-0.25, -0.2) is 0 Å². The van der Waals surface area contributed by atoms with E-state index < -0.39 is 0 Å². The van der Waals surface area contributed by atoms with Gasteiger partial charge in [0, 0.05) is 30.7 Å². The van der Waals surface area contributed by atoms with Crippen molar-refractivity contribution in [2.24, 2.45) is 0 Å². The van der Waals surface area contributed by atoms with Crippen molar-refractivity contribution < 1.29 is 0 Å². The summed E-state index contributed by atoms with van der Waals surface area (Å²) in [5, 5.41) is 4.36. The van der Waals surface area contributed by atoms with E-state index in [0.717, 1.165) is 37.6 Å². The van der Waals surface area contributed by atoms with Gasteiger partial charge in [-0.2, -0.15) is 0 Å². The summed E-state index contributed by atoms with van der Waals surface area (Å²) >= 11 is 6.40. The van der Waals surface area contributed by atoms with Crippen molar-refractivity contribution in [1.82, 2.24) is 10.2 Å². The average molecular weight is 315 g/mol. The minimum absolute atomic E-state index is 0.390. The summed E-state index contributed by atoms with van der Waals surface area (Å²) in [6.07, 6.45) is 2.16. The zero-order valence-corrected chi connectivity index (χ0v) is 13.6. The highest BCUT2D eigenvalue weighted by molar-refractivity contribution is 6.31. The lowest BCUT2D eigenvalue weighted by molar-refractivity contribution is 0.209. The molecular weight excluding hydrogens is 292 g/mol. The fourth-order valence-electron chi connectivity index (χ4n) is 3.18. The minimum atomic E-state index is 0.390. The van der Waals surface area contributed by atoms with Crippen LogP contribution in [-0.4, -0.2) is 31.1 Å². The lowest BCUT2D eigenvalue weighted by Gasteiger charge is -2.31. The van der Waals surface area contributed by atoms with Crippen LogP contribution in [0.25, 0.3) is 0 Å². The molecular formula is C19H23ClN2. The molecule has 1 aliphatic rings. The van der Waals surface area contributed by atoms with Crippen LogP contribution in [0, 0.1) is 0 Å². The first kappa shape index (κ1) is 15.5. The molecule has 1 saturated heterocycles. The normalized spacial score (nSPS) is 17.9. The maximum absolute atomic E-state index is 6.40. The van der Waals surface area contributed by atoms with Gasteiger partial charge in [0.1, 0.15) is 0 Å². The molecule has 0 saturated carbocycles. The van der Waals surface area contributed by atoms with E-state index in [1.165, 1.54) is 17.5 Å². The summed E-state index contributed by atoms with van der Waals surface area (Å²) in [5.74, 6) is 0. The van der Waals surface area contributed by atoms with E-state index in [9.17, 15) is 0 Å². The van der Waals surface area contributed by atoms with Crippen molar-refractivity contribution in [2.45, 2.75) is 18.9 Å². The van der Waals surface area contributed by atoms with Crippen molar-refractivity contribution in [2.75, 3.05) is 26.2 Å². The molecule has 0 amide bonds. The second-order valence-corrected chi connectivity index (χ2v) is 6.27. The van der Waals surface area contributed by atoms with E-state index in [-0.39, 0.29) is 0 Å².